The summed E-state index contributed by atoms with van der Waals surface area (Å²) in [5.41, 5.74) is 1.23. The Kier molecular flexibility index (Phi) is 4.32. The zero-order valence-electron chi connectivity index (χ0n) is 12.0. The normalized spacial score (nSPS) is 24.6. The summed E-state index contributed by atoms with van der Waals surface area (Å²) >= 11 is 1.82. The van der Waals surface area contributed by atoms with Crippen LogP contribution in [0.15, 0.2) is 29.2 Å². The van der Waals surface area contributed by atoms with E-state index in [0.29, 0.717) is 11.9 Å². The molecule has 1 fully saturated rings. The number of thioether (sulfide) groups is 1. The molecule has 2 aliphatic heterocycles. The molecule has 2 heterocycles. The molecule has 0 aliphatic carbocycles. The van der Waals surface area contributed by atoms with Crippen LogP contribution in [0, 0.1) is 0 Å². The van der Waals surface area contributed by atoms with Gasteiger partial charge >= 0.3 is 0 Å². The van der Waals surface area contributed by atoms with Gasteiger partial charge in [0, 0.05) is 29.8 Å². The summed E-state index contributed by atoms with van der Waals surface area (Å²) in [5.74, 6) is 1.29. The molecule has 0 bridgehead atoms. The Morgan fingerprint density at radius 3 is 3.05 bits per heavy atom. The topological polar surface area (TPSA) is 32.3 Å². The largest absolute Gasteiger partial charge is 0.338 e. The molecule has 1 amide bonds. The van der Waals surface area contributed by atoms with Crippen LogP contribution < -0.4 is 5.32 Å². The summed E-state index contributed by atoms with van der Waals surface area (Å²) in [6.07, 6.45) is 2.12. The number of rotatable bonds is 4. The van der Waals surface area contributed by atoms with Gasteiger partial charge in [-0.15, -0.1) is 11.8 Å². The zero-order valence-corrected chi connectivity index (χ0v) is 12.8. The van der Waals surface area contributed by atoms with Crippen molar-refractivity contribution in [2.75, 3.05) is 25.4 Å². The number of nitrogens with zero attached hydrogens (tertiary/aromatic N) is 1. The highest BCUT2D eigenvalue weighted by atomic mass is 32.2. The summed E-state index contributed by atoms with van der Waals surface area (Å²) in [4.78, 5) is 16.4. The van der Waals surface area contributed by atoms with Gasteiger partial charge in [-0.25, -0.2) is 0 Å². The Bertz CT molecular complexity index is 485. The summed E-state index contributed by atoms with van der Waals surface area (Å²) in [6.45, 7) is 5.02. The molecule has 108 valence electrons. The van der Waals surface area contributed by atoms with Crippen molar-refractivity contribution in [2.45, 2.75) is 36.6 Å². The third kappa shape index (κ3) is 2.59. The molecule has 0 spiro atoms. The van der Waals surface area contributed by atoms with E-state index < -0.39 is 0 Å². The molecule has 0 aromatic heterocycles. The fraction of sp³-hybridized carbons (Fsp3) is 0.562. The first-order chi connectivity index (χ1) is 9.81. The van der Waals surface area contributed by atoms with Gasteiger partial charge in [0.2, 0.25) is 5.91 Å². The van der Waals surface area contributed by atoms with Gasteiger partial charge in [0.05, 0.1) is 5.92 Å². The van der Waals surface area contributed by atoms with Crippen molar-refractivity contribution >= 4 is 17.7 Å². The molecule has 1 N–H and O–H groups in total. The number of amides is 1. The number of carbonyl (C=O) groups is 1. The van der Waals surface area contributed by atoms with E-state index in [1.54, 1.807) is 0 Å². The van der Waals surface area contributed by atoms with Crippen LogP contribution in [-0.4, -0.2) is 42.2 Å². The van der Waals surface area contributed by atoms with Crippen LogP contribution in [-0.2, 0) is 4.79 Å². The molecule has 1 aromatic carbocycles. The number of hydrogen-bond acceptors (Lipinski definition) is 3. The lowest BCUT2D eigenvalue weighted by Gasteiger charge is -2.30. The summed E-state index contributed by atoms with van der Waals surface area (Å²) in [7, 11) is 0. The van der Waals surface area contributed by atoms with Gasteiger partial charge in [-0.05, 0) is 31.0 Å². The Morgan fingerprint density at radius 2 is 2.30 bits per heavy atom. The first kappa shape index (κ1) is 14.0. The molecule has 2 aliphatic rings. The summed E-state index contributed by atoms with van der Waals surface area (Å²) < 4.78 is 0. The maximum absolute atomic E-state index is 13.0. The molecule has 0 radical (unpaired) electrons. The fourth-order valence-corrected chi connectivity index (χ4v) is 4.41. The number of nitrogens with one attached hydrogen (secondary N) is 1. The minimum Gasteiger partial charge on any atom is -0.338 e. The molecule has 1 aromatic rings. The van der Waals surface area contributed by atoms with Crippen LogP contribution in [0.1, 0.15) is 31.2 Å². The van der Waals surface area contributed by atoms with Crippen molar-refractivity contribution in [3.05, 3.63) is 29.8 Å². The number of benzene rings is 1. The van der Waals surface area contributed by atoms with Crippen LogP contribution >= 0.6 is 11.8 Å². The van der Waals surface area contributed by atoms with Gasteiger partial charge in [-0.3, -0.25) is 4.79 Å². The Hall–Kier alpha value is -1.00. The lowest BCUT2D eigenvalue weighted by molar-refractivity contribution is -0.134. The molecule has 2 atom stereocenters. The van der Waals surface area contributed by atoms with Crippen LogP contribution in [0.5, 0.6) is 0 Å². The van der Waals surface area contributed by atoms with Gasteiger partial charge in [0.15, 0.2) is 0 Å². The van der Waals surface area contributed by atoms with E-state index in [1.807, 2.05) is 17.8 Å². The maximum atomic E-state index is 13.0. The van der Waals surface area contributed by atoms with E-state index in [4.69, 9.17) is 0 Å². The van der Waals surface area contributed by atoms with Crippen molar-refractivity contribution in [3.63, 3.8) is 0 Å². The zero-order chi connectivity index (χ0) is 13.9. The Morgan fingerprint density at radius 1 is 1.45 bits per heavy atom. The number of hydrogen-bond donors (Lipinski definition) is 1. The highest BCUT2D eigenvalue weighted by Gasteiger charge is 2.35. The van der Waals surface area contributed by atoms with Crippen LogP contribution in [0.4, 0.5) is 0 Å². The second kappa shape index (κ2) is 6.19. The van der Waals surface area contributed by atoms with Crippen LogP contribution in [0.25, 0.3) is 0 Å². The highest BCUT2D eigenvalue weighted by Crippen LogP contribution is 2.40. The third-order valence-electron chi connectivity index (χ3n) is 4.22. The molecular weight excluding hydrogens is 268 g/mol. The van der Waals surface area contributed by atoms with Crippen LogP contribution in [0.3, 0.4) is 0 Å². The van der Waals surface area contributed by atoms with Gasteiger partial charge in [-0.1, -0.05) is 25.1 Å². The average Bonchev–Trinajstić information content (AvgIpc) is 3.13. The predicted molar refractivity (Wildman–Crippen MR) is 83.2 cm³/mol. The van der Waals surface area contributed by atoms with Crippen molar-refractivity contribution in [2.24, 2.45) is 0 Å². The molecule has 3 nitrogen and oxygen atoms in total. The molecular formula is C16H22N2OS. The monoisotopic (exact) mass is 290 g/mol. The molecule has 2 unspecified atom stereocenters. The quantitative estimate of drug-likeness (QED) is 0.924. The predicted octanol–water partition coefficient (Wildman–Crippen LogP) is 2.48. The van der Waals surface area contributed by atoms with Gasteiger partial charge in [0.1, 0.15) is 0 Å². The molecule has 0 saturated carbocycles. The third-order valence-corrected chi connectivity index (χ3v) is 5.40. The minimum absolute atomic E-state index is 0.0587. The molecule has 1 saturated heterocycles. The first-order valence-electron chi connectivity index (χ1n) is 7.54. The van der Waals surface area contributed by atoms with Gasteiger partial charge in [0.25, 0.3) is 0 Å². The molecule has 20 heavy (non-hydrogen) atoms. The first-order valence-corrected chi connectivity index (χ1v) is 8.52. The highest BCUT2D eigenvalue weighted by molar-refractivity contribution is 7.99. The van der Waals surface area contributed by atoms with E-state index in [9.17, 15) is 4.79 Å². The van der Waals surface area contributed by atoms with E-state index in [0.717, 1.165) is 38.2 Å². The molecule has 3 rings (SSSR count). The number of fused-ring (bicyclic) bond motifs is 1. The van der Waals surface area contributed by atoms with Gasteiger partial charge < -0.3 is 10.2 Å². The molecule has 4 heteroatoms. The fourth-order valence-electron chi connectivity index (χ4n) is 3.19. The number of carbonyl (C=O) groups excluding carboxylic acids is 1. The van der Waals surface area contributed by atoms with Crippen molar-refractivity contribution in [1.29, 1.82) is 0 Å². The van der Waals surface area contributed by atoms with E-state index in [2.05, 4.69) is 35.3 Å². The second-order valence-electron chi connectivity index (χ2n) is 5.58. The van der Waals surface area contributed by atoms with Crippen molar-refractivity contribution < 1.29 is 4.79 Å². The van der Waals surface area contributed by atoms with E-state index >= 15 is 0 Å². The lowest BCUT2D eigenvalue weighted by Crippen LogP contribution is -2.44. The van der Waals surface area contributed by atoms with E-state index in [1.165, 1.54) is 10.5 Å². The average molecular weight is 290 g/mol. The summed E-state index contributed by atoms with van der Waals surface area (Å²) in [5, 5.41) is 3.38. The van der Waals surface area contributed by atoms with Gasteiger partial charge in [-0.2, -0.15) is 0 Å². The Labute approximate surface area is 125 Å². The van der Waals surface area contributed by atoms with Crippen LogP contribution in [0.2, 0.25) is 0 Å². The van der Waals surface area contributed by atoms with Crippen molar-refractivity contribution in [1.82, 2.24) is 10.2 Å². The standard InChI is InChI=1S/C16H22N2OS/c1-2-9-18(12-7-8-17-10-12)16(19)14-11-20-15-6-4-3-5-13(14)15/h3-6,12,14,17H,2,7-11H2,1H3. The summed E-state index contributed by atoms with van der Waals surface area (Å²) in [6, 6.07) is 8.75. The smallest absolute Gasteiger partial charge is 0.231 e. The maximum Gasteiger partial charge on any atom is 0.231 e. The minimum atomic E-state index is 0.0587. The van der Waals surface area contributed by atoms with E-state index in [-0.39, 0.29) is 5.92 Å². The Balaban J connectivity index is 1.80. The lowest BCUT2D eigenvalue weighted by atomic mass is 9.98. The van der Waals surface area contributed by atoms with Crippen molar-refractivity contribution in [3.8, 4) is 0 Å². The second-order valence-corrected chi connectivity index (χ2v) is 6.64. The SMILES string of the molecule is CCCN(C(=O)C1CSc2ccccc21)C1CCNC1.